The normalized spacial score (nSPS) is 12.6. The van der Waals surface area contributed by atoms with E-state index in [1.54, 1.807) is 11.7 Å². The van der Waals surface area contributed by atoms with Crippen molar-refractivity contribution in [1.82, 2.24) is 20.2 Å². The van der Waals surface area contributed by atoms with Crippen LogP contribution in [0.5, 0.6) is 0 Å². The molecule has 1 unspecified atom stereocenters. The highest BCUT2D eigenvalue weighted by Crippen LogP contribution is 2.35. The second-order valence-electron chi connectivity index (χ2n) is 3.45. The van der Waals surface area contributed by atoms with Crippen molar-refractivity contribution < 1.29 is 0 Å². The van der Waals surface area contributed by atoms with Crippen LogP contribution < -0.4 is 5.73 Å². The van der Waals surface area contributed by atoms with E-state index in [2.05, 4.69) is 15.5 Å². The Kier molecular flexibility index (Phi) is 3.98. The molecule has 0 fully saturated rings. The van der Waals surface area contributed by atoms with Gasteiger partial charge in [-0.1, -0.05) is 41.6 Å². The first-order valence-corrected chi connectivity index (χ1v) is 6.31. The average Bonchev–Trinajstić information content (AvgIpc) is 2.73. The maximum atomic E-state index is 6.15. The second-order valence-corrected chi connectivity index (χ2v) is 5.03. The Morgan fingerprint density at radius 3 is 2.82 bits per heavy atom. The summed E-state index contributed by atoms with van der Waals surface area (Å²) in [5, 5.41) is 12.8. The Hall–Kier alpha value is -1.11. The van der Waals surface area contributed by atoms with Crippen LogP contribution >= 0.6 is 23.4 Å². The smallest absolute Gasteiger partial charge is 0.209 e. The van der Waals surface area contributed by atoms with Crippen molar-refractivity contribution in [2.75, 3.05) is 6.54 Å². The van der Waals surface area contributed by atoms with Crippen molar-refractivity contribution in [2.45, 2.75) is 10.4 Å². The molecule has 2 N–H and O–H groups in total. The predicted octanol–water partition coefficient (Wildman–Crippen LogP) is 1.66. The summed E-state index contributed by atoms with van der Waals surface area (Å²) in [7, 11) is 1.79. The van der Waals surface area contributed by atoms with Gasteiger partial charge in [-0.25, -0.2) is 4.68 Å². The number of benzene rings is 1. The van der Waals surface area contributed by atoms with Gasteiger partial charge in [0.2, 0.25) is 5.16 Å². The summed E-state index contributed by atoms with van der Waals surface area (Å²) in [4.78, 5) is 0. The zero-order valence-corrected chi connectivity index (χ0v) is 10.8. The molecule has 1 heterocycles. The van der Waals surface area contributed by atoms with Gasteiger partial charge in [-0.2, -0.15) is 0 Å². The number of tetrazole rings is 1. The Balaban J connectivity index is 2.23. The molecule has 0 amide bonds. The number of aryl methyl sites for hydroxylation is 1. The Morgan fingerprint density at radius 2 is 2.24 bits per heavy atom. The van der Waals surface area contributed by atoms with Crippen LogP contribution in [0.3, 0.4) is 0 Å². The fourth-order valence-corrected chi connectivity index (χ4v) is 2.71. The summed E-state index contributed by atoms with van der Waals surface area (Å²) in [6.45, 7) is 0.473. The summed E-state index contributed by atoms with van der Waals surface area (Å²) >= 11 is 7.66. The van der Waals surface area contributed by atoms with Gasteiger partial charge >= 0.3 is 0 Å². The van der Waals surface area contributed by atoms with Gasteiger partial charge < -0.3 is 5.73 Å². The van der Waals surface area contributed by atoms with Gasteiger partial charge in [0.1, 0.15) is 0 Å². The molecule has 7 heteroatoms. The number of hydrogen-bond donors (Lipinski definition) is 1. The van der Waals surface area contributed by atoms with Crippen LogP contribution in [-0.2, 0) is 7.05 Å². The summed E-state index contributed by atoms with van der Waals surface area (Å²) in [6.07, 6.45) is 0. The number of thioether (sulfide) groups is 1. The van der Waals surface area contributed by atoms with Crippen molar-refractivity contribution in [1.29, 1.82) is 0 Å². The van der Waals surface area contributed by atoms with E-state index in [0.717, 1.165) is 10.7 Å². The standard InChI is InChI=1S/C10H12ClN5S/c1-16-10(13-14-15-16)17-9(6-12)7-4-2-3-5-8(7)11/h2-5,9H,6,12H2,1H3. The monoisotopic (exact) mass is 269 g/mol. The Bertz CT molecular complexity index is 501. The number of nitrogens with two attached hydrogens (primary N) is 1. The van der Waals surface area contributed by atoms with Crippen LogP contribution in [-0.4, -0.2) is 26.8 Å². The molecular formula is C10H12ClN5S. The molecule has 1 atom stereocenters. The quantitative estimate of drug-likeness (QED) is 0.855. The third kappa shape index (κ3) is 2.77. The molecule has 0 bridgehead atoms. The molecule has 0 saturated carbocycles. The van der Waals surface area contributed by atoms with Crippen molar-refractivity contribution in [3.63, 3.8) is 0 Å². The molecule has 0 aliphatic carbocycles. The van der Waals surface area contributed by atoms with Gasteiger partial charge in [0.15, 0.2) is 0 Å². The van der Waals surface area contributed by atoms with E-state index in [1.807, 2.05) is 24.3 Å². The van der Waals surface area contributed by atoms with E-state index in [9.17, 15) is 0 Å². The van der Waals surface area contributed by atoms with E-state index in [4.69, 9.17) is 17.3 Å². The first-order chi connectivity index (χ1) is 8.22. The fraction of sp³-hybridized carbons (Fsp3) is 0.300. The highest BCUT2D eigenvalue weighted by atomic mass is 35.5. The number of rotatable bonds is 4. The maximum Gasteiger partial charge on any atom is 0.209 e. The van der Waals surface area contributed by atoms with Crippen LogP contribution in [0.4, 0.5) is 0 Å². The molecule has 1 aromatic carbocycles. The van der Waals surface area contributed by atoms with Gasteiger partial charge in [-0.15, -0.1) is 5.10 Å². The average molecular weight is 270 g/mol. The lowest BCUT2D eigenvalue weighted by Crippen LogP contribution is -2.10. The molecule has 0 spiro atoms. The van der Waals surface area contributed by atoms with E-state index >= 15 is 0 Å². The van der Waals surface area contributed by atoms with Crippen LogP contribution in [0, 0.1) is 0 Å². The highest BCUT2D eigenvalue weighted by Gasteiger charge is 2.17. The van der Waals surface area contributed by atoms with Crippen molar-refractivity contribution >= 4 is 23.4 Å². The lowest BCUT2D eigenvalue weighted by Gasteiger charge is -2.14. The van der Waals surface area contributed by atoms with Gasteiger partial charge in [0.25, 0.3) is 0 Å². The third-order valence-corrected chi connectivity index (χ3v) is 3.93. The van der Waals surface area contributed by atoms with E-state index in [-0.39, 0.29) is 5.25 Å². The van der Waals surface area contributed by atoms with Gasteiger partial charge in [0, 0.05) is 18.6 Å². The molecule has 2 aromatic rings. The molecule has 17 heavy (non-hydrogen) atoms. The van der Waals surface area contributed by atoms with Gasteiger partial charge in [0.05, 0.1) is 5.25 Å². The lowest BCUT2D eigenvalue weighted by molar-refractivity contribution is 0.663. The second kappa shape index (κ2) is 5.48. The van der Waals surface area contributed by atoms with Gasteiger partial charge in [-0.05, 0) is 22.1 Å². The van der Waals surface area contributed by atoms with E-state index in [1.165, 1.54) is 11.8 Å². The third-order valence-electron chi connectivity index (χ3n) is 2.30. The van der Waals surface area contributed by atoms with Gasteiger partial charge in [-0.3, -0.25) is 0 Å². The number of aromatic nitrogens is 4. The topological polar surface area (TPSA) is 69.6 Å². The zero-order chi connectivity index (χ0) is 12.3. The SMILES string of the molecule is Cn1nnnc1SC(CN)c1ccccc1Cl. The molecule has 0 radical (unpaired) electrons. The molecule has 5 nitrogen and oxygen atoms in total. The summed E-state index contributed by atoms with van der Waals surface area (Å²) < 4.78 is 1.62. The minimum absolute atomic E-state index is 0.0494. The lowest BCUT2D eigenvalue weighted by atomic mass is 10.1. The first kappa shape index (κ1) is 12.3. The van der Waals surface area contributed by atoms with Crippen LogP contribution in [0.25, 0.3) is 0 Å². The largest absolute Gasteiger partial charge is 0.329 e. The fourth-order valence-electron chi connectivity index (χ4n) is 1.42. The summed E-state index contributed by atoms with van der Waals surface area (Å²) in [5.41, 5.74) is 6.79. The first-order valence-electron chi connectivity index (χ1n) is 5.06. The molecule has 2 rings (SSSR count). The maximum absolute atomic E-state index is 6.15. The molecule has 0 aliphatic rings. The molecular weight excluding hydrogens is 258 g/mol. The number of hydrogen-bond acceptors (Lipinski definition) is 5. The van der Waals surface area contributed by atoms with Crippen LogP contribution in [0.2, 0.25) is 5.02 Å². The van der Waals surface area contributed by atoms with Crippen molar-refractivity contribution in [2.24, 2.45) is 12.8 Å². The van der Waals surface area contributed by atoms with Crippen LogP contribution in [0.15, 0.2) is 29.4 Å². The zero-order valence-electron chi connectivity index (χ0n) is 9.25. The minimum Gasteiger partial charge on any atom is -0.329 e. The Morgan fingerprint density at radius 1 is 1.47 bits per heavy atom. The minimum atomic E-state index is 0.0494. The number of nitrogens with zero attached hydrogens (tertiary/aromatic N) is 4. The number of halogens is 1. The van der Waals surface area contributed by atoms with Crippen molar-refractivity contribution in [3.05, 3.63) is 34.9 Å². The van der Waals surface area contributed by atoms with E-state index < -0.39 is 0 Å². The Labute approximate surface area is 108 Å². The highest BCUT2D eigenvalue weighted by molar-refractivity contribution is 7.99. The predicted molar refractivity (Wildman–Crippen MR) is 67.9 cm³/mol. The van der Waals surface area contributed by atoms with Crippen LogP contribution in [0.1, 0.15) is 10.8 Å². The molecule has 90 valence electrons. The van der Waals surface area contributed by atoms with E-state index in [0.29, 0.717) is 11.6 Å². The summed E-state index contributed by atoms with van der Waals surface area (Å²) in [6, 6.07) is 7.67. The molecule has 0 aliphatic heterocycles. The molecule has 0 saturated heterocycles. The molecule has 1 aromatic heterocycles. The van der Waals surface area contributed by atoms with Crippen molar-refractivity contribution in [3.8, 4) is 0 Å². The summed E-state index contributed by atoms with van der Waals surface area (Å²) in [5.74, 6) is 0.